The lowest BCUT2D eigenvalue weighted by Gasteiger charge is -2.05. The fourth-order valence-electron chi connectivity index (χ4n) is 1.44. The first-order valence-electron chi connectivity index (χ1n) is 5.27. The molecule has 0 saturated heterocycles. The van der Waals surface area contributed by atoms with Gasteiger partial charge in [-0.2, -0.15) is 0 Å². The monoisotopic (exact) mass is 324 g/mol. The van der Waals surface area contributed by atoms with Crippen LogP contribution >= 0.6 is 27.5 Å². The van der Waals surface area contributed by atoms with Crippen molar-refractivity contribution in [1.29, 1.82) is 0 Å². The van der Waals surface area contributed by atoms with Gasteiger partial charge in [-0.3, -0.25) is 4.79 Å². The van der Waals surface area contributed by atoms with Crippen LogP contribution in [0.15, 0.2) is 42.6 Å². The van der Waals surface area contributed by atoms with Crippen LogP contribution in [0.3, 0.4) is 0 Å². The average Bonchev–Trinajstić information content (AvgIpc) is 2.39. The van der Waals surface area contributed by atoms with Gasteiger partial charge in [0.15, 0.2) is 0 Å². The van der Waals surface area contributed by atoms with Gasteiger partial charge in [-0.05, 0) is 29.8 Å². The molecular formula is C13H10BrClN2O. The van der Waals surface area contributed by atoms with Crippen LogP contribution in [0.25, 0.3) is 0 Å². The van der Waals surface area contributed by atoms with Crippen LogP contribution < -0.4 is 5.32 Å². The summed E-state index contributed by atoms with van der Waals surface area (Å²) in [5.74, 6) is -0.251. The first-order valence-corrected chi connectivity index (χ1v) is 6.77. The second-order valence-corrected chi connectivity index (χ2v) is 4.65. The quantitative estimate of drug-likeness (QED) is 0.870. The van der Waals surface area contributed by atoms with Crippen LogP contribution in [0.4, 0.5) is 5.69 Å². The van der Waals surface area contributed by atoms with Gasteiger partial charge in [0.2, 0.25) is 0 Å². The number of nitrogens with zero attached hydrogens (tertiary/aromatic N) is 1. The third-order valence-electron chi connectivity index (χ3n) is 2.30. The van der Waals surface area contributed by atoms with Crippen molar-refractivity contribution in [3.05, 3.63) is 58.9 Å². The van der Waals surface area contributed by atoms with Crippen LogP contribution in [0.5, 0.6) is 0 Å². The van der Waals surface area contributed by atoms with E-state index >= 15 is 0 Å². The number of carbonyl (C=O) groups is 1. The van der Waals surface area contributed by atoms with Crippen molar-refractivity contribution in [3.8, 4) is 0 Å². The Labute approximate surface area is 118 Å². The maximum atomic E-state index is 11.9. The summed E-state index contributed by atoms with van der Waals surface area (Å²) in [4.78, 5) is 15.9. The molecule has 0 spiro atoms. The summed E-state index contributed by atoms with van der Waals surface area (Å²) >= 11 is 9.09. The molecule has 18 heavy (non-hydrogen) atoms. The molecule has 0 radical (unpaired) electrons. The molecule has 0 unspecified atom stereocenters. The van der Waals surface area contributed by atoms with Crippen LogP contribution in [-0.4, -0.2) is 10.9 Å². The molecule has 1 aromatic carbocycles. The van der Waals surface area contributed by atoms with E-state index in [1.165, 1.54) is 6.20 Å². The van der Waals surface area contributed by atoms with Crippen LogP contribution in [0, 0.1) is 0 Å². The minimum atomic E-state index is -0.251. The summed E-state index contributed by atoms with van der Waals surface area (Å²) in [5.41, 5.74) is 2.18. The van der Waals surface area contributed by atoms with Crippen molar-refractivity contribution in [2.45, 2.75) is 5.33 Å². The number of halogens is 2. The highest BCUT2D eigenvalue weighted by molar-refractivity contribution is 9.08. The topological polar surface area (TPSA) is 42.0 Å². The van der Waals surface area contributed by atoms with Crippen molar-refractivity contribution in [1.82, 2.24) is 4.98 Å². The van der Waals surface area contributed by atoms with Gasteiger partial charge in [0, 0.05) is 17.2 Å². The van der Waals surface area contributed by atoms with Gasteiger partial charge in [-0.15, -0.1) is 0 Å². The van der Waals surface area contributed by atoms with E-state index in [-0.39, 0.29) is 5.91 Å². The van der Waals surface area contributed by atoms with Gasteiger partial charge in [-0.25, -0.2) is 4.98 Å². The molecule has 1 amide bonds. The molecule has 0 saturated carbocycles. The number of rotatable bonds is 3. The number of alkyl halides is 1. The van der Waals surface area contributed by atoms with Crippen molar-refractivity contribution in [2.24, 2.45) is 0 Å². The normalized spacial score (nSPS) is 10.1. The van der Waals surface area contributed by atoms with E-state index in [0.717, 1.165) is 16.6 Å². The number of carbonyl (C=O) groups excluding carboxylic acids is 1. The van der Waals surface area contributed by atoms with Gasteiger partial charge in [-0.1, -0.05) is 39.7 Å². The average molecular weight is 326 g/mol. The van der Waals surface area contributed by atoms with E-state index in [9.17, 15) is 4.79 Å². The van der Waals surface area contributed by atoms with Gasteiger partial charge >= 0.3 is 0 Å². The number of hydrogen-bond acceptors (Lipinski definition) is 2. The number of pyridine rings is 1. The van der Waals surface area contributed by atoms with Crippen LogP contribution in [0.1, 0.15) is 16.1 Å². The highest BCUT2D eigenvalue weighted by Gasteiger charge is 2.07. The zero-order valence-electron chi connectivity index (χ0n) is 9.36. The zero-order valence-corrected chi connectivity index (χ0v) is 11.7. The molecule has 1 aromatic heterocycles. The molecule has 0 aliphatic heterocycles. The van der Waals surface area contributed by atoms with E-state index in [0.29, 0.717) is 10.7 Å². The highest BCUT2D eigenvalue weighted by atomic mass is 79.9. The number of amides is 1. The van der Waals surface area contributed by atoms with Crippen LogP contribution in [-0.2, 0) is 5.33 Å². The predicted octanol–water partition coefficient (Wildman–Crippen LogP) is 3.88. The second-order valence-electron chi connectivity index (χ2n) is 3.65. The van der Waals surface area contributed by atoms with Crippen molar-refractivity contribution in [2.75, 3.05) is 5.32 Å². The van der Waals surface area contributed by atoms with Crippen LogP contribution in [0.2, 0.25) is 5.02 Å². The minimum Gasteiger partial charge on any atom is -0.321 e. The molecule has 0 aliphatic rings. The van der Waals surface area contributed by atoms with Gasteiger partial charge in [0.05, 0.1) is 5.02 Å². The number of aromatic nitrogens is 1. The summed E-state index contributed by atoms with van der Waals surface area (Å²) < 4.78 is 0. The summed E-state index contributed by atoms with van der Waals surface area (Å²) in [6, 6.07) is 10.8. The van der Waals surface area contributed by atoms with Crippen molar-refractivity contribution >= 4 is 39.1 Å². The zero-order chi connectivity index (χ0) is 13.0. The number of anilines is 1. The lowest BCUT2D eigenvalue weighted by atomic mass is 10.2. The fraction of sp³-hybridized carbons (Fsp3) is 0.0769. The Morgan fingerprint density at radius 3 is 2.83 bits per heavy atom. The maximum absolute atomic E-state index is 11.9. The van der Waals surface area contributed by atoms with Gasteiger partial charge < -0.3 is 5.32 Å². The smallest absolute Gasteiger partial charge is 0.274 e. The molecule has 3 nitrogen and oxygen atoms in total. The maximum Gasteiger partial charge on any atom is 0.274 e. The number of nitrogens with one attached hydrogen (secondary N) is 1. The molecule has 2 aromatic rings. The van der Waals surface area contributed by atoms with E-state index in [1.54, 1.807) is 12.1 Å². The lowest BCUT2D eigenvalue weighted by molar-refractivity contribution is 0.102. The fourth-order valence-corrected chi connectivity index (χ4v) is 1.90. The standard InChI is InChI=1S/C13H10BrClN2O/c14-7-9-2-1-3-11(6-9)17-13(18)12-5-4-10(15)8-16-12/h1-6,8H,7H2,(H,17,18). The summed E-state index contributed by atoms with van der Waals surface area (Å²) in [7, 11) is 0. The van der Waals surface area contributed by atoms with E-state index < -0.39 is 0 Å². The number of benzene rings is 1. The second kappa shape index (κ2) is 5.98. The Morgan fingerprint density at radius 2 is 2.17 bits per heavy atom. The Morgan fingerprint density at radius 1 is 1.33 bits per heavy atom. The summed E-state index contributed by atoms with van der Waals surface area (Å²) in [6.07, 6.45) is 1.45. The molecule has 2 rings (SSSR count). The predicted molar refractivity (Wildman–Crippen MR) is 76.3 cm³/mol. The molecule has 1 N–H and O–H groups in total. The largest absolute Gasteiger partial charge is 0.321 e. The van der Waals surface area contributed by atoms with Crippen molar-refractivity contribution < 1.29 is 4.79 Å². The molecule has 5 heteroatoms. The summed E-state index contributed by atoms with van der Waals surface area (Å²) in [6.45, 7) is 0. The Bertz CT molecular complexity index is 557. The lowest BCUT2D eigenvalue weighted by Crippen LogP contribution is -2.13. The van der Waals surface area contributed by atoms with E-state index in [4.69, 9.17) is 11.6 Å². The SMILES string of the molecule is O=C(Nc1cccc(CBr)c1)c1ccc(Cl)cn1. The molecular weight excluding hydrogens is 316 g/mol. The van der Waals surface area contributed by atoms with E-state index in [1.807, 2.05) is 24.3 Å². The Hall–Kier alpha value is -1.39. The number of hydrogen-bond donors (Lipinski definition) is 1. The Kier molecular flexibility index (Phi) is 4.33. The van der Waals surface area contributed by atoms with Crippen molar-refractivity contribution in [3.63, 3.8) is 0 Å². The summed E-state index contributed by atoms with van der Waals surface area (Å²) in [5, 5.41) is 4.04. The van der Waals surface area contributed by atoms with Gasteiger partial charge in [0.1, 0.15) is 5.69 Å². The minimum absolute atomic E-state index is 0.251. The first-order chi connectivity index (χ1) is 8.69. The molecule has 0 bridgehead atoms. The molecule has 0 atom stereocenters. The third-order valence-corrected chi connectivity index (χ3v) is 3.17. The molecule has 0 fully saturated rings. The van der Waals surface area contributed by atoms with E-state index in [2.05, 4.69) is 26.2 Å². The van der Waals surface area contributed by atoms with Gasteiger partial charge in [0.25, 0.3) is 5.91 Å². The Balaban J connectivity index is 2.13. The third kappa shape index (κ3) is 3.31. The molecule has 92 valence electrons. The molecule has 0 aliphatic carbocycles. The highest BCUT2D eigenvalue weighted by Crippen LogP contribution is 2.14. The molecule has 1 heterocycles. The first kappa shape index (κ1) is 13.1.